The van der Waals surface area contributed by atoms with Crippen LogP contribution in [0.2, 0.25) is 0 Å². The van der Waals surface area contributed by atoms with Crippen molar-refractivity contribution in [2.75, 3.05) is 12.5 Å². The SMILES string of the molecule is CSC.O=S(=O)(O)C(F)(F)F.O=S(=O)(O)C(F)(F)F. The van der Waals surface area contributed by atoms with Crippen molar-refractivity contribution in [3.05, 3.63) is 0 Å². The molecule has 0 bridgehead atoms. The highest BCUT2D eigenvalue weighted by atomic mass is 32.2. The van der Waals surface area contributed by atoms with E-state index in [1.165, 1.54) is 0 Å². The first-order chi connectivity index (χ1) is 7.91. The second-order valence-corrected chi connectivity index (χ2v) is 5.89. The lowest BCUT2D eigenvalue weighted by Crippen LogP contribution is -2.21. The molecule has 0 atom stereocenters. The highest BCUT2D eigenvalue weighted by Crippen LogP contribution is 2.21. The molecule has 0 aliphatic carbocycles. The van der Waals surface area contributed by atoms with Crippen molar-refractivity contribution in [3.63, 3.8) is 0 Å². The fraction of sp³-hybridized carbons (Fsp3) is 1.00. The lowest BCUT2D eigenvalue weighted by Gasteiger charge is -1.97. The third-order valence-electron chi connectivity index (χ3n) is 0.585. The molecule has 0 saturated heterocycles. The van der Waals surface area contributed by atoms with Crippen LogP contribution in [-0.4, -0.2) is 49.5 Å². The molecule has 0 aromatic rings. The van der Waals surface area contributed by atoms with Crippen molar-refractivity contribution in [2.45, 2.75) is 11.0 Å². The molecule has 0 unspecified atom stereocenters. The van der Waals surface area contributed by atoms with E-state index in [-0.39, 0.29) is 0 Å². The molecule has 0 saturated carbocycles. The molecule has 2 N–H and O–H groups in total. The fourth-order valence-electron chi connectivity index (χ4n) is 0. The van der Waals surface area contributed by atoms with Crippen molar-refractivity contribution in [1.82, 2.24) is 0 Å². The molecule has 0 amide bonds. The van der Waals surface area contributed by atoms with E-state index >= 15 is 0 Å². The summed E-state index contributed by atoms with van der Waals surface area (Å²) >= 11 is 1.75. The predicted molar refractivity (Wildman–Crippen MR) is 54.6 cm³/mol. The van der Waals surface area contributed by atoms with Crippen LogP contribution >= 0.6 is 11.8 Å². The van der Waals surface area contributed by atoms with E-state index < -0.39 is 31.3 Å². The summed E-state index contributed by atoms with van der Waals surface area (Å²) in [5.74, 6) is 0. The third kappa shape index (κ3) is 14.0. The van der Waals surface area contributed by atoms with Crippen LogP contribution in [0.1, 0.15) is 0 Å². The number of rotatable bonds is 0. The number of hydrogen-bond acceptors (Lipinski definition) is 5. The molecule has 0 rings (SSSR count). The van der Waals surface area contributed by atoms with Crippen LogP contribution in [0.4, 0.5) is 26.3 Å². The van der Waals surface area contributed by atoms with Gasteiger partial charge in [-0.3, -0.25) is 9.11 Å². The summed E-state index contributed by atoms with van der Waals surface area (Å²) in [6, 6.07) is 0. The van der Waals surface area contributed by atoms with Crippen LogP contribution in [0.25, 0.3) is 0 Å². The van der Waals surface area contributed by atoms with Crippen molar-refractivity contribution in [1.29, 1.82) is 0 Å². The molecule has 0 aliphatic rings. The monoisotopic (exact) mass is 362 g/mol. The second kappa shape index (κ2) is 8.13. The van der Waals surface area contributed by atoms with Gasteiger partial charge in [0.15, 0.2) is 0 Å². The Morgan fingerprint density at radius 1 is 0.737 bits per heavy atom. The first kappa shape index (κ1) is 23.8. The van der Waals surface area contributed by atoms with Gasteiger partial charge in [-0.2, -0.15) is 54.9 Å². The average molecular weight is 362 g/mol. The van der Waals surface area contributed by atoms with E-state index in [9.17, 15) is 26.3 Å². The van der Waals surface area contributed by atoms with Gasteiger partial charge in [0.1, 0.15) is 0 Å². The lowest BCUT2D eigenvalue weighted by molar-refractivity contribution is -0.0514. The molecular formula is C4H8F6O6S3. The zero-order chi connectivity index (χ0) is 16.7. The topological polar surface area (TPSA) is 109 Å². The highest BCUT2D eigenvalue weighted by Gasteiger charge is 2.45. The number of thioether (sulfide) groups is 1. The van der Waals surface area contributed by atoms with E-state index in [1.54, 1.807) is 11.8 Å². The summed E-state index contributed by atoms with van der Waals surface area (Å²) in [5, 5.41) is 0. The third-order valence-corrected chi connectivity index (χ3v) is 1.75. The minimum Gasteiger partial charge on any atom is -0.279 e. The normalized spacial score (nSPS) is 12.7. The van der Waals surface area contributed by atoms with Gasteiger partial charge in [0.2, 0.25) is 0 Å². The Morgan fingerprint density at radius 3 is 0.789 bits per heavy atom. The quantitative estimate of drug-likeness (QED) is 0.384. The molecule has 0 fully saturated rings. The van der Waals surface area contributed by atoms with Crippen molar-refractivity contribution < 1.29 is 52.3 Å². The Labute approximate surface area is 108 Å². The van der Waals surface area contributed by atoms with Crippen LogP contribution < -0.4 is 0 Å². The van der Waals surface area contributed by atoms with Gasteiger partial charge < -0.3 is 0 Å². The summed E-state index contributed by atoms with van der Waals surface area (Å²) in [6.07, 6.45) is 4.08. The fourth-order valence-corrected chi connectivity index (χ4v) is 0. The zero-order valence-electron chi connectivity index (χ0n) is 9.02. The molecule has 0 radical (unpaired) electrons. The molecule has 0 heterocycles. The van der Waals surface area contributed by atoms with Gasteiger partial charge in [0.25, 0.3) is 0 Å². The minimum absolute atomic E-state index is 1.75. The number of hydrogen-bond donors (Lipinski definition) is 2. The van der Waals surface area contributed by atoms with Crippen LogP contribution in [0.3, 0.4) is 0 Å². The lowest BCUT2D eigenvalue weighted by atomic mass is 11.6. The number of alkyl halides is 6. The summed E-state index contributed by atoms with van der Waals surface area (Å²) in [7, 11) is -11.7. The van der Waals surface area contributed by atoms with Crippen molar-refractivity contribution in [2.24, 2.45) is 0 Å². The summed E-state index contributed by atoms with van der Waals surface area (Å²) in [6.45, 7) is 0. The maximum atomic E-state index is 10.7. The van der Waals surface area contributed by atoms with Crippen molar-refractivity contribution in [3.8, 4) is 0 Å². The smallest absolute Gasteiger partial charge is 0.279 e. The van der Waals surface area contributed by atoms with Crippen LogP contribution in [0.15, 0.2) is 0 Å². The molecule has 0 aromatic heterocycles. The molecule has 120 valence electrons. The van der Waals surface area contributed by atoms with Gasteiger partial charge in [0.05, 0.1) is 0 Å². The molecule has 0 aromatic carbocycles. The van der Waals surface area contributed by atoms with Crippen molar-refractivity contribution >= 4 is 32.0 Å². The molecule has 0 aliphatic heterocycles. The molecule has 6 nitrogen and oxygen atoms in total. The van der Waals surface area contributed by atoms with E-state index in [1.807, 2.05) is 12.5 Å². The summed E-state index contributed by atoms with van der Waals surface area (Å²) in [4.78, 5) is 0. The van der Waals surface area contributed by atoms with Crippen LogP contribution in [-0.2, 0) is 20.2 Å². The number of halogens is 6. The molecule has 15 heteroatoms. The average Bonchev–Trinajstić information content (AvgIpc) is 1.97. The first-order valence-electron chi connectivity index (χ1n) is 3.39. The van der Waals surface area contributed by atoms with Gasteiger partial charge in [-0.15, -0.1) is 0 Å². The summed E-state index contributed by atoms with van der Waals surface area (Å²) < 4.78 is 115. The van der Waals surface area contributed by atoms with Gasteiger partial charge in [0, 0.05) is 0 Å². The maximum Gasteiger partial charge on any atom is 0.522 e. The Bertz CT molecular complexity index is 391. The van der Waals surface area contributed by atoms with Gasteiger partial charge in [-0.1, -0.05) is 0 Å². The van der Waals surface area contributed by atoms with E-state index in [0.717, 1.165) is 0 Å². The standard InChI is InChI=1S/C2H6S.2CHF3O3S/c1-3-2;2*2-1(3,4)8(5,6)7/h1-2H3;2*(H,5,6,7). The molecule has 19 heavy (non-hydrogen) atoms. The Kier molecular flexibility index (Phi) is 10.2. The second-order valence-electron chi connectivity index (χ2n) is 2.25. The van der Waals surface area contributed by atoms with E-state index in [0.29, 0.717) is 0 Å². The van der Waals surface area contributed by atoms with E-state index in [2.05, 4.69) is 0 Å². The van der Waals surface area contributed by atoms with Gasteiger partial charge >= 0.3 is 31.3 Å². The van der Waals surface area contributed by atoms with E-state index in [4.69, 9.17) is 25.9 Å². The first-order valence-corrected chi connectivity index (χ1v) is 7.90. The Morgan fingerprint density at radius 2 is 0.789 bits per heavy atom. The van der Waals surface area contributed by atoms with Gasteiger partial charge in [-0.25, -0.2) is 0 Å². The summed E-state index contributed by atoms with van der Waals surface area (Å²) in [5.41, 5.74) is -11.1. The van der Waals surface area contributed by atoms with Crippen LogP contribution in [0.5, 0.6) is 0 Å². The molecule has 0 spiro atoms. The van der Waals surface area contributed by atoms with Gasteiger partial charge in [-0.05, 0) is 12.5 Å². The predicted octanol–water partition coefficient (Wildman–Crippen LogP) is 1.77. The Hall–Kier alpha value is -0.250. The highest BCUT2D eigenvalue weighted by molar-refractivity contribution is 7.97. The largest absolute Gasteiger partial charge is 0.522 e. The van der Waals surface area contributed by atoms with Crippen LogP contribution in [0, 0.1) is 0 Å². The zero-order valence-corrected chi connectivity index (χ0v) is 11.5. The molecular weight excluding hydrogens is 354 g/mol. The maximum absolute atomic E-state index is 10.7. The minimum atomic E-state index is -5.84. The Balaban J connectivity index is -0.000000224.